The fraction of sp³-hybridized carbons (Fsp3) is 0.286. The molecule has 0 unspecified atom stereocenters. The third-order valence-electron chi connectivity index (χ3n) is 5.87. The average molecular weight is 479 g/mol. The quantitative estimate of drug-likeness (QED) is 0.347. The highest BCUT2D eigenvalue weighted by Gasteiger charge is 2.18. The number of hydrogen-bond acceptors (Lipinski definition) is 4. The summed E-state index contributed by atoms with van der Waals surface area (Å²) in [6.45, 7) is 7.06. The van der Waals surface area contributed by atoms with Crippen LogP contribution in [0.5, 0.6) is 5.75 Å². The van der Waals surface area contributed by atoms with Crippen molar-refractivity contribution in [3.05, 3.63) is 95.6 Å². The minimum atomic E-state index is -3.39. The van der Waals surface area contributed by atoms with Gasteiger partial charge in [-0.1, -0.05) is 68.4 Å². The number of benzene rings is 3. The van der Waals surface area contributed by atoms with Crippen molar-refractivity contribution in [1.29, 1.82) is 0 Å². The second kappa shape index (κ2) is 11.9. The standard InChI is InChI=1S/C28H34N2O3S/c1-5-29(6-2)19-20-30(34(4,31)32)26-17-15-25(16-18-26)28(24-12-8-7-9-13-24)22-23-11-10-14-27(21-23)33-3/h7-18,21-22H,5-6,19-20H2,1-4H3. The van der Waals surface area contributed by atoms with Crippen molar-refractivity contribution >= 4 is 27.4 Å². The fourth-order valence-corrected chi connectivity index (χ4v) is 4.83. The van der Waals surface area contributed by atoms with Gasteiger partial charge in [0.2, 0.25) is 10.0 Å². The summed E-state index contributed by atoms with van der Waals surface area (Å²) >= 11 is 0. The zero-order valence-corrected chi connectivity index (χ0v) is 21.3. The summed E-state index contributed by atoms with van der Waals surface area (Å²) in [6, 6.07) is 25.9. The van der Waals surface area contributed by atoms with Gasteiger partial charge in [0.15, 0.2) is 0 Å². The second-order valence-corrected chi connectivity index (χ2v) is 10.0. The molecule has 34 heavy (non-hydrogen) atoms. The Balaban J connectivity index is 1.98. The molecule has 0 saturated carbocycles. The van der Waals surface area contributed by atoms with Gasteiger partial charge in [0.05, 0.1) is 19.1 Å². The number of ether oxygens (including phenoxy) is 1. The van der Waals surface area contributed by atoms with Crippen LogP contribution in [-0.4, -0.2) is 52.9 Å². The predicted molar refractivity (Wildman–Crippen MR) is 143 cm³/mol. The van der Waals surface area contributed by atoms with Crippen LogP contribution < -0.4 is 9.04 Å². The van der Waals surface area contributed by atoms with Gasteiger partial charge >= 0.3 is 0 Å². The molecule has 3 aromatic carbocycles. The summed E-state index contributed by atoms with van der Waals surface area (Å²) in [5, 5.41) is 0. The van der Waals surface area contributed by atoms with Crippen molar-refractivity contribution < 1.29 is 13.2 Å². The molecule has 180 valence electrons. The Morgan fingerprint density at radius 2 is 1.50 bits per heavy atom. The van der Waals surface area contributed by atoms with Gasteiger partial charge in [-0.2, -0.15) is 0 Å². The van der Waals surface area contributed by atoms with Crippen molar-refractivity contribution in [2.75, 3.05) is 43.8 Å². The van der Waals surface area contributed by atoms with Gasteiger partial charge in [0.1, 0.15) is 5.75 Å². The molecule has 0 amide bonds. The summed E-state index contributed by atoms with van der Waals surface area (Å²) in [7, 11) is -1.73. The van der Waals surface area contributed by atoms with Crippen LogP contribution in [0.15, 0.2) is 78.9 Å². The Morgan fingerprint density at radius 1 is 0.853 bits per heavy atom. The molecule has 0 fully saturated rings. The van der Waals surface area contributed by atoms with Gasteiger partial charge in [-0.05, 0) is 65.7 Å². The monoisotopic (exact) mass is 478 g/mol. The summed E-state index contributed by atoms with van der Waals surface area (Å²) in [6.07, 6.45) is 3.39. The van der Waals surface area contributed by atoms with Crippen LogP contribution in [0, 0.1) is 0 Å². The SMILES string of the molecule is CCN(CC)CCN(c1ccc(C(=Cc2cccc(OC)c2)c2ccccc2)cc1)S(C)(=O)=O. The van der Waals surface area contributed by atoms with Gasteiger partial charge in [0.25, 0.3) is 0 Å². The molecule has 0 aliphatic carbocycles. The van der Waals surface area contributed by atoms with Crippen molar-refractivity contribution in [3.63, 3.8) is 0 Å². The lowest BCUT2D eigenvalue weighted by Crippen LogP contribution is -2.38. The lowest BCUT2D eigenvalue weighted by Gasteiger charge is -2.26. The maximum Gasteiger partial charge on any atom is 0.232 e. The van der Waals surface area contributed by atoms with Crippen molar-refractivity contribution in [2.24, 2.45) is 0 Å². The zero-order valence-electron chi connectivity index (χ0n) is 20.4. The predicted octanol–water partition coefficient (Wildman–Crippen LogP) is 5.39. The first kappa shape index (κ1) is 25.5. The summed E-state index contributed by atoms with van der Waals surface area (Å²) in [5.41, 5.74) is 4.84. The summed E-state index contributed by atoms with van der Waals surface area (Å²) in [4.78, 5) is 2.22. The molecule has 0 aromatic heterocycles. The molecule has 0 N–H and O–H groups in total. The van der Waals surface area contributed by atoms with E-state index < -0.39 is 10.0 Å². The highest BCUT2D eigenvalue weighted by Crippen LogP contribution is 2.29. The fourth-order valence-electron chi connectivity index (χ4n) is 3.91. The molecule has 0 atom stereocenters. The van der Waals surface area contributed by atoms with E-state index in [1.54, 1.807) is 7.11 Å². The third kappa shape index (κ3) is 6.72. The van der Waals surface area contributed by atoms with E-state index in [0.29, 0.717) is 18.8 Å². The molecule has 3 rings (SSSR count). The van der Waals surface area contributed by atoms with Crippen LogP contribution >= 0.6 is 0 Å². The highest BCUT2D eigenvalue weighted by molar-refractivity contribution is 7.92. The van der Waals surface area contributed by atoms with E-state index in [0.717, 1.165) is 41.1 Å². The average Bonchev–Trinajstić information content (AvgIpc) is 2.85. The Hall–Kier alpha value is -3.09. The molecule has 0 bridgehead atoms. The molecular formula is C28H34N2O3S. The smallest absolute Gasteiger partial charge is 0.232 e. The highest BCUT2D eigenvalue weighted by atomic mass is 32.2. The van der Waals surface area contributed by atoms with Gasteiger partial charge in [-0.3, -0.25) is 4.31 Å². The van der Waals surface area contributed by atoms with Crippen LogP contribution in [0.25, 0.3) is 11.6 Å². The Bertz CT molecular complexity index is 1190. The number of nitrogens with zero attached hydrogens (tertiary/aromatic N) is 2. The second-order valence-electron chi connectivity index (χ2n) is 8.11. The molecule has 0 aliphatic rings. The topological polar surface area (TPSA) is 49.9 Å². The number of hydrogen-bond donors (Lipinski definition) is 0. The number of likely N-dealkylation sites (N-methyl/N-ethyl adjacent to an activating group) is 1. The van der Waals surface area contributed by atoms with Crippen LogP contribution in [0.1, 0.15) is 30.5 Å². The van der Waals surface area contributed by atoms with E-state index in [9.17, 15) is 8.42 Å². The maximum absolute atomic E-state index is 12.5. The lowest BCUT2D eigenvalue weighted by atomic mass is 9.95. The minimum Gasteiger partial charge on any atom is -0.497 e. The maximum atomic E-state index is 12.5. The van der Waals surface area contributed by atoms with E-state index >= 15 is 0 Å². The Kier molecular flexibility index (Phi) is 8.91. The van der Waals surface area contributed by atoms with E-state index in [1.807, 2.05) is 66.7 Å². The van der Waals surface area contributed by atoms with Crippen LogP contribution in [-0.2, 0) is 10.0 Å². The van der Waals surface area contributed by atoms with Gasteiger partial charge in [-0.25, -0.2) is 8.42 Å². The first-order valence-electron chi connectivity index (χ1n) is 11.6. The van der Waals surface area contributed by atoms with Crippen LogP contribution in [0.3, 0.4) is 0 Å². The third-order valence-corrected chi connectivity index (χ3v) is 7.06. The first-order chi connectivity index (χ1) is 16.4. The largest absolute Gasteiger partial charge is 0.497 e. The van der Waals surface area contributed by atoms with E-state index in [2.05, 4.69) is 37.0 Å². The number of rotatable bonds is 11. The minimum absolute atomic E-state index is 0.422. The summed E-state index contributed by atoms with van der Waals surface area (Å²) < 4.78 is 32.0. The summed E-state index contributed by atoms with van der Waals surface area (Å²) in [5.74, 6) is 0.800. The number of sulfonamides is 1. The Morgan fingerprint density at radius 3 is 2.09 bits per heavy atom. The van der Waals surface area contributed by atoms with Crippen molar-refractivity contribution in [1.82, 2.24) is 4.90 Å². The molecule has 0 spiro atoms. The van der Waals surface area contributed by atoms with Gasteiger partial charge in [-0.15, -0.1) is 0 Å². The van der Waals surface area contributed by atoms with Crippen LogP contribution in [0.4, 0.5) is 5.69 Å². The lowest BCUT2D eigenvalue weighted by molar-refractivity contribution is 0.313. The van der Waals surface area contributed by atoms with E-state index in [4.69, 9.17) is 4.74 Å². The van der Waals surface area contributed by atoms with Gasteiger partial charge in [0, 0.05) is 13.1 Å². The van der Waals surface area contributed by atoms with E-state index in [-0.39, 0.29) is 0 Å². The molecular weight excluding hydrogens is 444 g/mol. The van der Waals surface area contributed by atoms with Crippen molar-refractivity contribution in [2.45, 2.75) is 13.8 Å². The first-order valence-corrected chi connectivity index (χ1v) is 13.4. The molecule has 0 aliphatic heterocycles. The van der Waals surface area contributed by atoms with Crippen molar-refractivity contribution in [3.8, 4) is 5.75 Å². The zero-order chi connectivity index (χ0) is 24.6. The molecule has 5 nitrogen and oxygen atoms in total. The normalized spacial score (nSPS) is 12.1. The van der Waals surface area contributed by atoms with Gasteiger partial charge < -0.3 is 9.64 Å². The molecule has 3 aromatic rings. The number of anilines is 1. The molecule has 0 saturated heterocycles. The number of methoxy groups -OCH3 is 1. The molecule has 0 heterocycles. The van der Waals surface area contributed by atoms with Crippen LogP contribution in [0.2, 0.25) is 0 Å². The Labute approximate surface area is 204 Å². The molecule has 0 radical (unpaired) electrons. The molecule has 6 heteroatoms. The van der Waals surface area contributed by atoms with E-state index in [1.165, 1.54) is 10.6 Å².